The number of halogens is 3. The highest BCUT2D eigenvalue weighted by atomic mass is 19.4. The topological polar surface area (TPSA) is 75.9 Å². The standard InChI is InChI=1S/C24H27F3N6O/c1-15-6-8-19(33-14-30-23(31-33)24(25,26)27)18(11-15)22(34)32-10-4-5-17(3)20(32)13-29-21-9-7-16(2)12-28-21/h6-9,11-12,14,17,20H,4-5,10,13H2,1-3H3,(H,28,29)/t17?,20-/m1/s1. The molecule has 1 amide bonds. The number of anilines is 1. The van der Waals surface area contributed by atoms with E-state index in [1.54, 1.807) is 24.4 Å². The summed E-state index contributed by atoms with van der Waals surface area (Å²) in [7, 11) is 0. The molecule has 1 unspecified atom stereocenters. The third kappa shape index (κ3) is 5.05. The predicted molar refractivity (Wildman–Crippen MR) is 122 cm³/mol. The smallest absolute Gasteiger partial charge is 0.368 e. The summed E-state index contributed by atoms with van der Waals surface area (Å²) in [6.07, 6.45) is -0.0542. The van der Waals surface area contributed by atoms with Gasteiger partial charge in [-0.15, -0.1) is 5.10 Å². The van der Waals surface area contributed by atoms with Crippen molar-refractivity contribution in [3.63, 3.8) is 0 Å². The maximum atomic E-state index is 13.8. The second-order valence-electron chi connectivity index (χ2n) is 8.82. The molecular formula is C24H27F3N6O. The molecule has 0 aliphatic carbocycles. The van der Waals surface area contributed by atoms with E-state index in [-0.39, 0.29) is 23.6 Å². The molecule has 2 aromatic heterocycles. The number of likely N-dealkylation sites (tertiary alicyclic amines) is 1. The SMILES string of the molecule is Cc1ccc(NC[C@@H]2C(C)CCCN2C(=O)c2cc(C)ccc2-n2cnc(C(F)(F)F)n2)nc1. The number of nitrogens with zero attached hydrogens (tertiary/aromatic N) is 5. The van der Waals surface area contributed by atoms with Crippen LogP contribution < -0.4 is 5.32 Å². The van der Waals surface area contributed by atoms with Crippen molar-refractivity contribution >= 4 is 11.7 Å². The van der Waals surface area contributed by atoms with Gasteiger partial charge >= 0.3 is 6.18 Å². The van der Waals surface area contributed by atoms with Crippen LogP contribution in [0.15, 0.2) is 42.9 Å². The van der Waals surface area contributed by atoms with E-state index < -0.39 is 12.0 Å². The molecule has 0 saturated carbocycles. The molecular weight excluding hydrogens is 445 g/mol. The maximum absolute atomic E-state index is 13.8. The number of aryl methyl sites for hydroxylation is 2. The first-order chi connectivity index (χ1) is 16.1. The second-order valence-corrected chi connectivity index (χ2v) is 8.82. The van der Waals surface area contributed by atoms with Crippen LogP contribution in [-0.4, -0.2) is 49.7 Å². The molecule has 1 aliphatic rings. The average molecular weight is 473 g/mol. The highest BCUT2D eigenvalue weighted by molar-refractivity contribution is 5.98. The van der Waals surface area contributed by atoms with Crippen molar-refractivity contribution in [2.24, 2.45) is 5.92 Å². The Bertz CT molecular complexity index is 1160. The lowest BCUT2D eigenvalue weighted by atomic mass is 9.89. The number of hydrogen-bond acceptors (Lipinski definition) is 5. The van der Waals surface area contributed by atoms with Gasteiger partial charge < -0.3 is 10.2 Å². The monoisotopic (exact) mass is 472 g/mol. The van der Waals surface area contributed by atoms with Crippen LogP contribution in [0.5, 0.6) is 0 Å². The van der Waals surface area contributed by atoms with Gasteiger partial charge in [-0.1, -0.05) is 24.6 Å². The summed E-state index contributed by atoms with van der Waals surface area (Å²) in [5.74, 6) is -0.509. The van der Waals surface area contributed by atoms with Crippen LogP contribution in [-0.2, 0) is 6.18 Å². The number of alkyl halides is 3. The number of nitrogens with one attached hydrogen (secondary N) is 1. The number of carbonyl (C=O) groups excluding carboxylic acids is 1. The highest BCUT2D eigenvalue weighted by Gasteiger charge is 2.37. The third-order valence-corrected chi connectivity index (χ3v) is 6.15. The van der Waals surface area contributed by atoms with E-state index in [4.69, 9.17) is 0 Å². The average Bonchev–Trinajstić information content (AvgIpc) is 3.29. The molecule has 1 saturated heterocycles. The van der Waals surface area contributed by atoms with Crippen LogP contribution in [0, 0.1) is 19.8 Å². The van der Waals surface area contributed by atoms with E-state index in [2.05, 4.69) is 27.3 Å². The Labute approximate surface area is 196 Å². The second kappa shape index (κ2) is 9.44. The minimum Gasteiger partial charge on any atom is -0.368 e. The summed E-state index contributed by atoms with van der Waals surface area (Å²) in [5.41, 5.74) is 2.45. The largest absolute Gasteiger partial charge is 0.453 e. The van der Waals surface area contributed by atoms with Crippen molar-refractivity contribution in [3.05, 3.63) is 65.4 Å². The highest BCUT2D eigenvalue weighted by Crippen LogP contribution is 2.29. The Hall–Kier alpha value is -3.43. The van der Waals surface area contributed by atoms with Gasteiger partial charge in [0.15, 0.2) is 0 Å². The fraction of sp³-hybridized carbons (Fsp3) is 0.417. The number of amides is 1. The fourth-order valence-electron chi connectivity index (χ4n) is 4.28. The number of aromatic nitrogens is 4. The first-order valence-electron chi connectivity index (χ1n) is 11.2. The van der Waals surface area contributed by atoms with Crippen LogP contribution >= 0.6 is 0 Å². The Kier molecular flexibility index (Phi) is 6.58. The summed E-state index contributed by atoms with van der Waals surface area (Å²) in [5, 5.41) is 6.90. The summed E-state index contributed by atoms with van der Waals surface area (Å²) in [6.45, 7) is 7.00. The van der Waals surface area contributed by atoms with E-state index in [0.717, 1.165) is 40.8 Å². The number of carbonyl (C=O) groups is 1. The Balaban J connectivity index is 1.62. The molecule has 2 atom stereocenters. The molecule has 1 aromatic carbocycles. The molecule has 0 bridgehead atoms. The summed E-state index contributed by atoms with van der Waals surface area (Å²) < 4.78 is 40.2. The van der Waals surface area contributed by atoms with Gasteiger partial charge in [-0.3, -0.25) is 4.79 Å². The molecule has 4 rings (SSSR count). The van der Waals surface area contributed by atoms with Gasteiger partial charge in [-0.25, -0.2) is 14.6 Å². The molecule has 34 heavy (non-hydrogen) atoms. The molecule has 180 valence electrons. The summed E-state index contributed by atoms with van der Waals surface area (Å²) in [6, 6.07) is 8.80. The number of hydrogen-bond donors (Lipinski definition) is 1. The Morgan fingerprint density at radius 2 is 1.91 bits per heavy atom. The van der Waals surface area contributed by atoms with Gasteiger partial charge in [0, 0.05) is 19.3 Å². The molecule has 0 radical (unpaired) electrons. The molecule has 1 N–H and O–H groups in total. The van der Waals surface area contributed by atoms with Crippen LogP contribution in [0.3, 0.4) is 0 Å². The Morgan fingerprint density at radius 3 is 2.59 bits per heavy atom. The van der Waals surface area contributed by atoms with Crippen LogP contribution in [0.2, 0.25) is 0 Å². The van der Waals surface area contributed by atoms with Gasteiger partial charge in [-0.05, 0) is 56.4 Å². The first-order valence-corrected chi connectivity index (χ1v) is 11.2. The third-order valence-electron chi connectivity index (χ3n) is 6.15. The fourth-order valence-corrected chi connectivity index (χ4v) is 4.28. The summed E-state index contributed by atoms with van der Waals surface area (Å²) >= 11 is 0. The van der Waals surface area contributed by atoms with Crippen molar-refractivity contribution < 1.29 is 18.0 Å². The minimum absolute atomic E-state index is 0.0980. The van der Waals surface area contributed by atoms with Gasteiger partial charge in [0.05, 0.1) is 17.3 Å². The number of benzene rings is 1. The quantitative estimate of drug-likeness (QED) is 0.585. The lowest BCUT2D eigenvalue weighted by Crippen LogP contribution is -2.51. The van der Waals surface area contributed by atoms with Crippen molar-refractivity contribution in [1.82, 2.24) is 24.6 Å². The predicted octanol–water partition coefficient (Wildman–Crippen LogP) is 4.65. The van der Waals surface area contributed by atoms with Crippen LogP contribution in [0.1, 0.15) is 47.1 Å². The lowest BCUT2D eigenvalue weighted by molar-refractivity contribution is -0.144. The van der Waals surface area contributed by atoms with E-state index in [9.17, 15) is 18.0 Å². The van der Waals surface area contributed by atoms with E-state index in [1.165, 1.54) is 0 Å². The normalized spacial score (nSPS) is 18.7. The first kappa shape index (κ1) is 23.7. The van der Waals surface area contributed by atoms with E-state index in [0.29, 0.717) is 18.7 Å². The zero-order valence-electron chi connectivity index (χ0n) is 19.3. The summed E-state index contributed by atoms with van der Waals surface area (Å²) in [4.78, 5) is 23.3. The van der Waals surface area contributed by atoms with Gasteiger partial charge in [0.1, 0.15) is 12.1 Å². The van der Waals surface area contributed by atoms with Crippen molar-refractivity contribution in [2.75, 3.05) is 18.4 Å². The van der Waals surface area contributed by atoms with Crippen LogP contribution in [0.25, 0.3) is 5.69 Å². The molecule has 10 heteroatoms. The molecule has 1 aliphatic heterocycles. The van der Waals surface area contributed by atoms with E-state index >= 15 is 0 Å². The van der Waals surface area contributed by atoms with Crippen molar-refractivity contribution in [2.45, 2.75) is 45.8 Å². The number of pyridine rings is 1. The maximum Gasteiger partial charge on any atom is 0.453 e. The van der Waals surface area contributed by atoms with Gasteiger partial charge in [0.25, 0.3) is 11.7 Å². The van der Waals surface area contributed by atoms with Crippen molar-refractivity contribution in [3.8, 4) is 5.69 Å². The lowest BCUT2D eigenvalue weighted by Gasteiger charge is -2.40. The van der Waals surface area contributed by atoms with Crippen molar-refractivity contribution in [1.29, 1.82) is 0 Å². The molecule has 1 fully saturated rings. The Morgan fingerprint density at radius 1 is 1.15 bits per heavy atom. The molecule has 3 aromatic rings. The van der Waals surface area contributed by atoms with Gasteiger partial charge in [0.2, 0.25) is 0 Å². The number of rotatable bonds is 5. The zero-order valence-corrected chi connectivity index (χ0v) is 19.3. The number of piperidine rings is 1. The van der Waals surface area contributed by atoms with Crippen LogP contribution in [0.4, 0.5) is 19.0 Å². The zero-order chi connectivity index (χ0) is 24.5. The molecule has 3 heterocycles. The molecule has 7 nitrogen and oxygen atoms in total. The van der Waals surface area contributed by atoms with Gasteiger partial charge in [-0.2, -0.15) is 13.2 Å². The van der Waals surface area contributed by atoms with E-state index in [1.807, 2.05) is 30.9 Å². The molecule has 0 spiro atoms. The minimum atomic E-state index is -4.66.